The second kappa shape index (κ2) is 6.86. The van der Waals surface area contributed by atoms with Crippen LogP contribution in [-0.2, 0) is 6.54 Å². The van der Waals surface area contributed by atoms with E-state index in [1.54, 1.807) is 5.51 Å². The molecule has 6 nitrogen and oxygen atoms in total. The molecule has 1 amide bonds. The van der Waals surface area contributed by atoms with Gasteiger partial charge in [0.15, 0.2) is 5.13 Å². The zero-order valence-corrected chi connectivity index (χ0v) is 14.0. The van der Waals surface area contributed by atoms with Gasteiger partial charge in [0.05, 0.1) is 17.7 Å². The minimum Gasteiger partial charge on any atom is -0.382 e. The summed E-state index contributed by atoms with van der Waals surface area (Å²) in [4.78, 5) is 24.3. The Hall–Kier alpha value is -1.67. The lowest BCUT2D eigenvalue weighted by molar-refractivity contribution is 0.0956. The van der Waals surface area contributed by atoms with Gasteiger partial charge >= 0.3 is 0 Å². The predicted molar refractivity (Wildman–Crippen MR) is 88.1 cm³/mol. The smallest absolute Gasteiger partial charge is 0.265 e. The summed E-state index contributed by atoms with van der Waals surface area (Å²) in [5, 5.41) is 3.66. The molecule has 0 atom stereocenters. The van der Waals surface area contributed by atoms with Crippen molar-refractivity contribution in [3.8, 4) is 0 Å². The summed E-state index contributed by atoms with van der Waals surface area (Å²) >= 11 is 2.86. The van der Waals surface area contributed by atoms with Gasteiger partial charge in [-0.15, -0.1) is 11.3 Å². The van der Waals surface area contributed by atoms with E-state index in [4.69, 9.17) is 5.73 Å². The number of carbonyl (C=O) groups is 1. The average Bonchev–Trinajstić information content (AvgIpc) is 3.04. The normalized spacial score (nSPS) is 10.6. The molecule has 0 spiro atoms. The van der Waals surface area contributed by atoms with E-state index in [0.717, 1.165) is 28.8 Å². The molecule has 0 saturated carbocycles. The SMILES string of the molecule is CCN(CC)c1nc(N)c(C(=O)NCc2scnc2C)s1. The molecule has 8 heteroatoms. The van der Waals surface area contributed by atoms with Crippen molar-refractivity contribution in [1.29, 1.82) is 0 Å². The second-order valence-electron chi connectivity index (χ2n) is 4.43. The Balaban J connectivity index is 2.07. The molecule has 0 saturated heterocycles. The van der Waals surface area contributed by atoms with Gasteiger partial charge in [-0.2, -0.15) is 0 Å². The summed E-state index contributed by atoms with van der Waals surface area (Å²) in [5.41, 5.74) is 8.59. The van der Waals surface area contributed by atoms with Gasteiger partial charge in [0.2, 0.25) is 0 Å². The number of aromatic nitrogens is 2. The molecule has 0 radical (unpaired) electrons. The van der Waals surface area contributed by atoms with E-state index in [9.17, 15) is 4.79 Å². The number of nitrogens with one attached hydrogen (secondary N) is 1. The van der Waals surface area contributed by atoms with Gasteiger partial charge in [0.25, 0.3) is 5.91 Å². The van der Waals surface area contributed by atoms with E-state index in [-0.39, 0.29) is 5.91 Å². The molecule has 0 aliphatic rings. The molecule has 2 heterocycles. The molecule has 114 valence electrons. The average molecular weight is 325 g/mol. The highest BCUT2D eigenvalue weighted by Gasteiger charge is 2.18. The molecule has 0 fully saturated rings. The third-order valence-corrected chi connectivity index (χ3v) is 5.20. The molecule has 0 aliphatic heterocycles. The van der Waals surface area contributed by atoms with Crippen LogP contribution in [0.2, 0.25) is 0 Å². The van der Waals surface area contributed by atoms with Crippen LogP contribution in [0.5, 0.6) is 0 Å². The highest BCUT2D eigenvalue weighted by atomic mass is 32.1. The summed E-state index contributed by atoms with van der Waals surface area (Å²) < 4.78 is 0. The van der Waals surface area contributed by atoms with Crippen molar-refractivity contribution in [3.63, 3.8) is 0 Å². The Kier molecular flexibility index (Phi) is 5.13. The summed E-state index contributed by atoms with van der Waals surface area (Å²) in [6.45, 7) is 8.17. The molecular weight excluding hydrogens is 306 g/mol. The predicted octanol–water partition coefficient (Wildman–Crippen LogP) is 2.27. The monoisotopic (exact) mass is 325 g/mol. The molecule has 0 aliphatic carbocycles. The first-order valence-electron chi connectivity index (χ1n) is 6.75. The lowest BCUT2D eigenvalue weighted by Crippen LogP contribution is -2.22. The number of hydrogen-bond donors (Lipinski definition) is 2. The lowest BCUT2D eigenvalue weighted by Gasteiger charge is -2.16. The summed E-state index contributed by atoms with van der Waals surface area (Å²) in [5.74, 6) is 0.108. The number of thiazole rings is 2. The fourth-order valence-electron chi connectivity index (χ4n) is 1.85. The zero-order valence-electron chi connectivity index (χ0n) is 12.3. The molecule has 2 aromatic rings. The van der Waals surface area contributed by atoms with E-state index in [1.165, 1.54) is 22.7 Å². The maximum atomic E-state index is 12.2. The fourth-order valence-corrected chi connectivity index (χ4v) is 3.59. The van der Waals surface area contributed by atoms with E-state index in [0.29, 0.717) is 17.2 Å². The minimum atomic E-state index is -0.184. The van der Waals surface area contributed by atoms with Crippen LogP contribution in [0.1, 0.15) is 34.1 Å². The van der Waals surface area contributed by atoms with E-state index < -0.39 is 0 Å². The van der Waals surface area contributed by atoms with Crippen molar-refractivity contribution in [2.24, 2.45) is 0 Å². The van der Waals surface area contributed by atoms with Gasteiger partial charge in [-0.25, -0.2) is 9.97 Å². The van der Waals surface area contributed by atoms with Crippen LogP contribution in [0.4, 0.5) is 10.9 Å². The summed E-state index contributed by atoms with van der Waals surface area (Å²) in [6.07, 6.45) is 0. The Morgan fingerprint density at radius 2 is 2.14 bits per heavy atom. The standard InChI is InChI=1S/C13H19N5OS2/c1-4-18(5-2)13-17-11(14)10(21-13)12(19)15-6-9-8(3)16-7-20-9/h7H,4-6,14H2,1-3H3,(H,15,19). The molecule has 3 N–H and O–H groups in total. The van der Waals surface area contributed by atoms with Crippen LogP contribution in [0.25, 0.3) is 0 Å². The van der Waals surface area contributed by atoms with Gasteiger partial charge in [0, 0.05) is 18.0 Å². The molecule has 0 unspecified atom stereocenters. The van der Waals surface area contributed by atoms with Crippen LogP contribution in [0, 0.1) is 6.92 Å². The van der Waals surface area contributed by atoms with Crippen molar-refractivity contribution < 1.29 is 4.79 Å². The largest absolute Gasteiger partial charge is 0.382 e. The van der Waals surface area contributed by atoms with Crippen LogP contribution in [-0.4, -0.2) is 29.0 Å². The third-order valence-electron chi connectivity index (χ3n) is 3.14. The van der Waals surface area contributed by atoms with Gasteiger partial charge in [-0.1, -0.05) is 11.3 Å². The lowest BCUT2D eigenvalue weighted by atomic mass is 10.4. The maximum Gasteiger partial charge on any atom is 0.265 e. The number of aryl methyl sites for hydroxylation is 1. The van der Waals surface area contributed by atoms with Crippen molar-refractivity contribution in [2.45, 2.75) is 27.3 Å². The van der Waals surface area contributed by atoms with Crippen LogP contribution in [0.15, 0.2) is 5.51 Å². The van der Waals surface area contributed by atoms with Crippen molar-refractivity contribution >= 4 is 39.5 Å². The van der Waals surface area contributed by atoms with Gasteiger partial charge in [-0.3, -0.25) is 4.79 Å². The molecular formula is C13H19N5OS2. The number of carbonyl (C=O) groups excluding carboxylic acids is 1. The number of rotatable bonds is 6. The number of nitrogen functional groups attached to an aromatic ring is 1. The summed E-state index contributed by atoms with van der Waals surface area (Å²) in [7, 11) is 0. The van der Waals surface area contributed by atoms with Crippen LogP contribution < -0.4 is 16.0 Å². The number of nitrogens with two attached hydrogens (primary N) is 1. The number of amides is 1. The highest BCUT2D eigenvalue weighted by Crippen LogP contribution is 2.28. The molecule has 0 aromatic carbocycles. The number of anilines is 2. The topological polar surface area (TPSA) is 84.1 Å². The van der Waals surface area contributed by atoms with Crippen molar-refractivity contribution in [2.75, 3.05) is 23.7 Å². The molecule has 0 bridgehead atoms. The van der Waals surface area contributed by atoms with Crippen LogP contribution >= 0.6 is 22.7 Å². The highest BCUT2D eigenvalue weighted by molar-refractivity contribution is 7.18. The fraction of sp³-hybridized carbons (Fsp3) is 0.462. The maximum absolute atomic E-state index is 12.2. The van der Waals surface area contributed by atoms with E-state index in [1.807, 2.05) is 20.8 Å². The number of hydrogen-bond acceptors (Lipinski definition) is 7. The molecule has 21 heavy (non-hydrogen) atoms. The second-order valence-corrected chi connectivity index (χ2v) is 6.34. The Labute approximate surface area is 132 Å². The third kappa shape index (κ3) is 3.51. The minimum absolute atomic E-state index is 0.184. The van der Waals surface area contributed by atoms with Crippen molar-refractivity contribution in [3.05, 3.63) is 21.0 Å². The van der Waals surface area contributed by atoms with Gasteiger partial charge < -0.3 is 16.0 Å². The first-order valence-corrected chi connectivity index (χ1v) is 8.44. The zero-order chi connectivity index (χ0) is 15.4. The van der Waals surface area contributed by atoms with E-state index in [2.05, 4.69) is 20.2 Å². The van der Waals surface area contributed by atoms with Gasteiger partial charge in [-0.05, 0) is 20.8 Å². The summed E-state index contributed by atoms with van der Waals surface area (Å²) in [6, 6.07) is 0. The molecule has 2 rings (SSSR count). The number of nitrogens with zero attached hydrogens (tertiary/aromatic N) is 3. The first kappa shape index (κ1) is 15.7. The van der Waals surface area contributed by atoms with Crippen LogP contribution in [0.3, 0.4) is 0 Å². The Morgan fingerprint density at radius 1 is 1.43 bits per heavy atom. The Morgan fingerprint density at radius 3 is 2.71 bits per heavy atom. The van der Waals surface area contributed by atoms with Gasteiger partial charge in [0.1, 0.15) is 10.7 Å². The van der Waals surface area contributed by atoms with Crippen molar-refractivity contribution in [1.82, 2.24) is 15.3 Å². The quantitative estimate of drug-likeness (QED) is 0.851. The molecule has 2 aromatic heterocycles. The Bertz CT molecular complexity index is 618. The first-order chi connectivity index (χ1) is 10.1. The van der Waals surface area contributed by atoms with E-state index >= 15 is 0 Å².